The van der Waals surface area contributed by atoms with E-state index in [0.717, 1.165) is 6.42 Å². The van der Waals surface area contributed by atoms with Gasteiger partial charge in [0.25, 0.3) is 0 Å². The van der Waals surface area contributed by atoms with Gasteiger partial charge in [0.2, 0.25) is 0 Å². The number of benzene rings is 4. The second-order valence-corrected chi connectivity index (χ2v) is 8.16. The molecule has 0 saturated carbocycles. The smallest absolute Gasteiger partial charge is 0.0564 e. The van der Waals surface area contributed by atoms with Crippen LogP contribution in [0.25, 0.3) is 16.7 Å². The molecule has 0 heteroatoms. The van der Waals surface area contributed by atoms with Crippen molar-refractivity contribution in [2.75, 3.05) is 0 Å². The molecule has 5 rings (SSSR count). The van der Waals surface area contributed by atoms with Crippen LogP contribution in [0.1, 0.15) is 56.4 Å². The molecule has 1 aliphatic carbocycles. The maximum atomic E-state index is 2.28. The van der Waals surface area contributed by atoms with Crippen LogP contribution in [0.15, 0.2) is 115 Å². The highest BCUT2D eigenvalue weighted by molar-refractivity contribution is 5.98. The Morgan fingerprint density at radius 1 is 0.529 bits per heavy atom. The highest BCUT2D eigenvalue weighted by Crippen LogP contribution is 2.46. The highest BCUT2D eigenvalue weighted by Gasteiger charge is 2.29. The fourth-order valence-corrected chi connectivity index (χ4v) is 4.06. The lowest BCUT2D eigenvalue weighted by molar-refractivity contribution is 0.922. The number of hydrogen-bond acceptors (Lipinski definition) is 0. The summed E-state index contributed by atoms with van der Waals surface area (Å²) in [6.07, 6.45) is 5.76. The number of hydrogen-bond donors (Lipinski definition) is 0. The summed E-state index contributed by atoms with van der Waals surface area (Å²) in [7, 11) is 0. The quantitative estimate of drug-likeness (QED) is 0.277. The minimum Gasteiger partial charge on any atom is -0.0683 e. The van der Waals surface area contributed by atoms with Gasteiger partial charge in [-0.3, -0.25) is 0 Å². The topological polar surface area (TPSA) is 0 Å². The lowest BCUT2D eigenvalue weighted by Crippen LogP contribution is -1.89. The zero-order valence-electron chi connectivity index (χ0n) is 21.1. The Labute approximate surface area is 207 Å². The van der Waals surface area contributed by atoms with E-state index in [9.17, 15) is 0 Å². The molecule has 0 aromatic heterocycles. The van der Waals surface area contributed by atoms with E-state index in [1.807, 2.05) is 13.8 Å². The van der Waals surface area contributed by atoms with E-state index in [-0.39, 0.29) is 0 Å². The van der Waals surface area contributed by atoms with Gasteiger partial charge in [-0.05, 0) is 51.8 Å². The van der Waals surface area contributed by atoms with Crippen LogP contribution >= 0.6 is 0 Å². The summed E-state index contributed by atoms with van der Waals surface area (Å²) in [5, 5.41) is 0. The lowest BCUT2D eigenvalue weighted by Gasteiger charge is -2.06. The Bertz CT molecular complexity index is 1140. The minimum absolute atomic E-state index is 1.09. The Balaban J connectivity index is 0.000000179. The minimum atomic E-state index is 1.09. The van der Waals surface area contributed by atoms with Gasteiger partial charge < -0.3 is 0 Å². The SMILES string of the molecule is CC.CCCc1ccc(-c2ccccc2)cc1.CCc1ccccc1C1=C[C]1c1ccccc1. The van der Waals surface area contributed by atoms with Crippen molar-refractivity contribution >= 4 is 5.57 Å². The van der Waals surface area contributed by atoms with E-state index in [0.29, 0.717) is 0 Å². The van der Waals surface area contributed by atoms with Crippen molar-refractivity contribution < 1.29 is 0 Å². The second-order valence-electron chi connectivity index (χ2n) is 8.16. The maximum Gasteiger partial charge on any atom is 0.0564 e. The van der Waals surface area contributed by atoms with Gasteiger partial charge in [-0.2, -0.15) is 0 Å². The summed E-state index contributed by atoms with van der Waals surface area (Å²) in [6.45, 7) is 8.43. The molecule has 0 fully saturated rings. The Kier molecular flexibility index (Phi) is 9.92. The Morgan fingerprint density at radius 3 is 1.65 bits per heavy atom. The summed E-state index contributed by atoms with van der Waals surface area (Å²) >= 11 is 0. The predicted octanol–water partition coefficient (Wildman–Crippen LogP) is 9.60. The van der Waals surface area contributed by atoms with Crippen molar-refractivity contribution in [2.45, 2.75) is 47.0 Å². The molecule has 0 atom stereocenters. The predicted molar refractivity (Wildman–Crippen MR) is 150 cm³/mol. The molecule has 0 saturated heterocycles. The van der Waals surface area contributed by atoms with E-state index in [2.05, 4.69) is 129 Å². The molecule has 4 aromatic rings. The van der Waals surface area contributed by atoms with Crippen molar-refractivity contribution in [3.05, 3.63) is 143 Å². The molecule has 4 aromatic carbocycles. The molecule has 0 unspecified atom stereocenters. The third-order valence-corrected chi connectivity index (χ3v) is 5.87. The number of rotatable bonds is 6. The fraction of sp³-hybridized carbons (Fsp3) is 0.206. The van der Waals surface area contributed by atoms with Gasteiger partial charge in [-0.15, -0.1) is 0 Å². The van der Waals surface area contributed by atoms with Crippen LogP contribution in [0.2, 0.25) is 0 Å². The molecule has 0 spiro atoms. The Hall–Kier alpha value is -3.38. The van der Waals surface area contributed by atoms with Gasteiger partial charge in [0.15, 0.2) is 0 Å². The van der Waals surface area contributed by atoms with Gasteiger partial charge in [-0.25, -0.2) is 0 Å². The zero-order valence-corrected chi connectivity index (χ0v) is 21.1. The fourth-order valence-electron chi connectivity index (χ4n) is 4.06. The molecule has 0 bridgehead atoms. The monoisotopic (exact) mass is 445 g/mol. The third kappa shape index (κ3) is 6.81. The van der Waals surface area contributed by atoms with Gasteiger partial charge in [0.05, 0.1) is 5.92 Å². The van der Waals surface area contributed by atoms with Gasteiger partial charge in [0.1, 0.15) is 0 Å². The second kappa shape index (κ2) is 13.4. The summed E-state index contributed by atoms with van der Waals surface area (Å²) in [4.78, 5) is 0. The molecule has 0 aliphatic heterocycles. The molecule has 1 radical (unpaired) electrons. The van der Waals surface area contributed by atoms with Crippen LogP contribution in [0.3, 0.4) is 0 Å². The van der Waals surface area contributed by atoms with Gasteiger partial charge >= 0.3 is 0 Å². The molecule has 34 heavy (non-hydrogen) atoms. The normalized spacial score (nSPS) is 11.9. The van der Waals surface area contributed by atoms with Gasteiger partial charge in [0, 0.05) is 0 Å². The highest BCUT2D eigenvalue weighted by atomic mass is 14.3. The number of aryl methyl sites for hydroxylation is 2. The summed E-state index contributed by atoms with van der Waals surface area (Å²) < 4.78 is 0. The van der Waals surface area contributed by atoms with Crippen molar-refractivity contribution in [1.29, 1.82) is 0 Å². The Morgan fingerprint density at radius 2 is 1.06 bits per heavy atom. The third-order valence-electron chi connectivity index (χ3n) is 5.87. The zero-order chi connectivity index (χ0) is 24.2. The van der Waals surface area contributed by atoms with Crippen molar-refractivity contribution in [3.63, 3.8) is 0 Å². The van der Waals surface area contributed by atoms with Crippen LogP contribution < -0.4 is 0 Å². The summed E-state index contributed by atoms with van der Waals surface area (Å²) in [5.41, 5.74) is 9.59. The van der Waals surface area contributed by atoms with Crippen molar-refractivity contribution in [3.8, 4) is 11.1 Å². The molecular weight excluding hydrogens is 408 g/mol. The first-order chi connectivity index (χ1) is 16.8. The van der Waals surface area contributed by atoms with Crippen LogP contribution in [0.4, 0.5) is 0 Å². The largest absolute Gasteiger partial charge is 0.0683 e. The summed E-state index contributed by atoms with van der Waals surface area (Å²) in [5.74, 6) is 1.39. The maximum absolute atomic E-state index is 2.28. The molecule has 0 amide bonds. The molecule has 1 aliphatic rings. The van der Waals surface area contributed by atoms with Crippen molar-refractivity contribution in [2.24, 2.45) is 0 Å². The lowest BCUT2D eigenvalue weighted by atomic mass is 9.98. The van der Waals surface area contributed by atoms with Crippen LogP contribution in [0.5, 0.6) is 0 Å². The molecule has 0 heterocycles. The van der Waals surface area contributed by atoms with Gasteiger partial charge in [-0.1, -0.05) is 149 Å². The molecular formula is C34H37. The summed E-state index contributed by atoms with van der Waals surface area (Å²) in [6, 6.07) is 38.7. The van der Waals surface area contributed by atoms with Crippen LogP contribution in [0, 0.1) is 5.92 Å². The first-order valence-corrected chi connectivity index (χ1v) is 12.7. The molecule has 173 valence electrons. The van der Waals surface area contributed by atoms with Crippen LogP contribution in [-0.2, 0) is 12.8 Å². The average molecular weight is 446 g/mol. The average Bonchev–Trinajstić information content (AvgIpc) is 3.73. The van der Waals surface area contributed by atoms with Crippen molar-refractivity contribution in [1.82, 2.24) is 0 Å². The number of allylic oxidation sites excluding steroid dienone is 2. The van der Waals surface area contributed by atoms with E-state index >= 15 is 0 Å². The van der Waals surface area contributed by atoms with E-state index in [4.69, 9.17) is 0 Å². The molecule has 0 nitrogen and oxygen atoms in total. The molecule has 0 N–H and O–H groups in total. The van der Waals surface area contributed by atoms with E-state index in [1.165, 1.54) is 57.7 Å². The first kappa shape index (κ1) is 25.2. The van der Waals surface area contributed by atoms with Crippen LogP contribution in [-0.4, -0.2) is 0 Å². The van der Waals surface area contributed by atoms with E-state index in [1.54, 1.807) is 0 Å². The first-order valence-electron chi connectivity index (χ1n) is 12.7. The van der Waals surface area contributed by atoms with E-state index < -0.39 is 0 Å². The standard InChI is InChI=1S/C17H15.C15H16.C2H6/c1-2-13-8-6-7-11-15(13)17-12-16(17)14-9-4-3-5-10-14;1-2-6-13-9-11-15(12-10-13)14-7-4-3-5-8-14;1-2/h3-12H,2H2,1H3;3-5,7-12H,2,6H2,1H3;1-2H3.